The fourth-order valence-corrected chi connectivity index (χ4v) is 4.20. The first-order chi connectivity index (χ1) is 11.7. The van der Waals surface area contributed by atoms with Gasteiger partial charge in [0.25, 0.3) is 15.9 Å². The van der Waals surface area contributed by atoms with Gasteiger partial charge in [0.05, 0.1) is 5.69 Å². The highest BCUT2D eigenvalue weighted by Crippen LogP contribution is 2.33. The third-order valence-electron chi connectivity index (χ3n) is 4.08. The molecule has 0 saturated heterocycles. The topological polar surface area (TPSA) is 78.8 Å². The molecule has 138 valence electrons. The van der Waals surface area contributed by atoms with E-state index >= 15 is 0 Å². The Morgan fingerprint density at radius 3 is 2.56 bits per heavy atom. The van der Waals surface area contributed by atoms with Crippen molar-refractivity contribution in [3.05, 3.63) is 23.8 Å². The molecule has 0 unspecified atom stereocenters. The van der Waals surface area contributed by atoms with Gasteiger partial charge in [-0.2, -0.15) is 8.42 Å². The van der Waals surface area contributed by atoms with E-state index in [1.165, 1.54) is 6.07 Å². The van der Waals surface area contributed by atoms with Crippen LogP contribution in [0.2, 0.25) is 0 Å². The Hall–Kier alpha value is -1.89. The SMILES string of the molecule is CCC[C@H](C)NC(=O)c1ccc2c(c1)S(=O)(=O)N=C(C)N2CC(C)C. The molecule has 0 bridgehead atoms. The van der Waals surface area contributed by atoms with E-state index in [4.69, 9.17) is 0 Å². The van der Waals surface area contributed by atoms with Crippen molar-refractivity contribution in [2.45, 2.75) is 58.4 Å². The number of sulfonamides is 1. The summed E-state index contributed by atoms with van der Waals surface area (Å²) in [6, 6.07) is 4.85. The van der Waals surface area contributed by atoms with Crippen molar-refractivity contribution in [3.63, 3.8) is 0 Å². The van der Waals surface area contributed by atoms with Crippen molar-refractivity contribution >= 4 is 27.5 Å². The maximum Gasteiger partial charge on any atom is 0.286 e. The highest BCUT2D eigenvalue weighted by atomic mass is 32.2. The molecule has 1 N–H and O–H groups in total. The lowest BCUT2D eigenvalue weighted by Crippen LogP contribution is -2.37. The number of rotatable bonds is 6. The van der Waals surface area contributed by atoms with Crippen molar-refractivity contribution in [2.24, 2.45) is 10.3 Å². The van der Waals surface area contributed by atoms with E-state index in [2.05, 4.69) is 30.5 Å². The summed E-state index contributed by atoms with van der Waals surface area (Å²) in [6.45, 7) is 10.5. The molecular weight excluding hydrogens is 338 g/mol. The molecule has 1 aliphatic heterocycles. The van der Waals surface area contributed by atoms with Crippen LogP contribution in [0.25, 0.3) is 0 Å². The number of amidine groups is 1. The zero-order chi connectivity index (χ0) is 18.8. The van der Waals surface area contributed by atoms with Crippen LogP contribution in [0.5, 0.6) is 0 Å². The van der Waals surface area contributed by atoms with Crippen LogP contribution in [0.3, 0.4) is 0 Å². The fourth-order valence-electron chi connectivity index (χ4n) is 2.94. The van der Waals surface area contributed by atoms with Gasteiger partial charge in [-0.15, -0.1) is 4.40 Å². The number of carbonyl (C=O) groups excluding carboxylic acids is 1. The predicted octanol–water partition coefficient (Wildman–Crippen LogP) is 3.19. The highest BCUT2D eigenvalue weighted by molar-refractivity contribution is 7.90. The predicted molar refractivity (Wildman–Crippen MR) is 101 cm³/mol. The number of fused-ring (bicyclic) bond motifs is 1. The Morgan fingerprint density at radius 2 is 1.96 bits per heavy atom. The molecular formula is C18H27N3O3S. The van der Waals surface area contributed by atoms with Crippen LogP contribution in [-0.4, -0.2) is 32.7 Å². The summed E-state index contributed by atoms with van der Waals surface area (Å²) >= 11 is 0. The second-order valence-corrected chi connectivity index (χ2v) is 8.54. The minimum Gasteiger partial charge on any atom is -0.350 e. The molecule has 0 aromatic heterocycles. The van der Waals surface area contributed by atoms with Crippen molar-refractivity contribution in [3.8, 4) is 0 Å². The van der Waals surface area contributed by atoms with E-state index < -0.39 is 10.0 Å². The summed E-state index contributed by atoms with van der Waals surface area (Å²) in [7, 11) is -3.79. The molecule has 0 spiro atoms. The normalized spacial score (nSPS) is 17.0. The minimum absolute atomic E-state index is 0.0443. The lowest BCUT2D eigenvalue weighted by molar-refractivity contribution is 0.0938. The lowest BCUT2D eigenvalue weighted by Gasteiger charge is -2.31. The smallest absolute Gasteiger partial charge is 0.286 e. The van der Waals surface area contributed by atoms with Crippen LogP contribution < -0.4 is 10.2 Å². The summed E-state index contributed by atoms with van der Waals surface area (Å²) in [5.74, 6) is 0.535. The number of nitrogens with zero attached hydrogens (tertiary/aromatic N) is 2. The van der Waals surface area contributed by atoms with Crippen LogP contribution in [0.4, 0.5) is 5.69 Å². The zero-order valence-corrected chi connectivity index (χ0v) is 16.4. The number of hydrogen-bond donors (Lipinski definition) is 1. The molecule has 0 aliphatic carbocycles. The molecule has 1 heterocycles. The van der Waals surface area contributed by atoms with Crippen LogP contribution in [0.1, 0.15) is 57.8 Å². The van der Waals surface area contributed by atoms with E-state index in [0.717, 1.165) is 12.8 Å². The first kappa shape index (κ1) is 19.4. The third kappa shape index (κ3) is 4.39. The summed E-state index contributed by atoms with van der Waals surface area (Å²) < 4.78 is 28.8. The number of anilines is 1. The van der Waals surface area contributed by atoms with Gasteiger partial charge in [-0.1, -0.05) is 27.2 Å². The molecule has 1 aromatic carbocycles. The summed E-state index contributed by atoms with van der Waals surface area (Å²) in [5, 5.41) is 2.90. The molecule has 2 rings (SSSR count). The second-order valence-electron chi connectivity index (χ2n) is 6.96. The van der Waals surface area contributed by atoms with Gasteiger partial charge in [0.1, 0.15) is 10.7 Å². The third-order valence-corrected chi connectivity index (χ3v) is 5.47. The Kier molecular flexibility index (Phi) is 5.87. The lowest BCUT2D eigenvalue weighted by atomic mass is 10.1. The quantitative estimate of drug-likeness (QED) is 0.840. The van der Waals surface area contributed by atoms with Gasteiger partial charge in [0, 0.05) is 18.2 Å². The molecule has 7 heteroatoms. The highest BCUT2D eigenvalue weighted by Gasteiger charge is 2.30. The van der Waals surface area contributed by atoms with Gasteiger partial charge in [-0.25, -0.2) is 0 Å². The average Bonchev–Trinajstić information content (AvgIpc) is 2.50. The zero-order valence-electron chi connectivity index (χ0n) is 15.5. The van der Waals surface area contributed by atoms with Crippen LogP contribution in [0.15, 0.2) is 27.5 Å². The van der Waals surface area contributed by atoms with Crippen LogP contribution in [0, 0.1) is 5.92 Å². The summed E-state index contributed by atoms with van der Waals surface area (Å²) in [6.07, 6.45) is 1.85. The number of carbonyl (C=O) groups is 1. The van der Waals surface area contributed by atoms with E-state index in [0.29, 0.717) is 29.5 Å². The Labute approximate surface area is 150 Å². The summed E-state index contributed by atoms with van der Waals surface area (Å²) in [4.78, 5) is 14.4. The van der Waals surface area contributed by atoms with Gasteiger partial charge in [0.2, 0.25) is 0 Å². The molecule has 0 radical (unpaired) electrons. The van der Waals surface area contributed by atoms with Crippen molar-refractivity contribution in [2.75, 3.05) is 11.4 Å². The first-order valence-electron chi connectivity index (χ1n) is 8.69. The van der Waals surface area contributed by atoms with E-state index in [1.807, 2.05) is 11.8 Å². The Bertz CT molecular complexity index is 785. The molecule has 1 aliphatic rings. The monoisotopic (exact) mass is 365 g/mol. The number of benzene rings is 1. The minimum atomic E-state index is -3.79. The van der Waals surface area contributed by atoms with E-state index in [-0.39, 0.29) is 16.8 Å². The maximum atomic E-state index is 12.5. The number of nitrogens with one attached hydrogen (secondary N) is 1. The molecule has 1 amide bonds. The van der Waals surface area contributed by atoms with Crippen LogP contribution in [-0.2, 0) is 10.0 Å². The van der Waals surface area contributed by atoms with E-state index in [1.54, 1.807) is 19.1 Å². The van der Waals surface area contributed by atoms with Crippen molar-refractivity contribution < 1.29 is 13.2 Å². The van der Waals surface area contributed by atoms with Crippen molar-refractivity contribution in [1.82, 2.24) is 5.32 Å². The summed E-state index contributed by atoms with van der Waals surface area (Å²) in [5.41, 5.74) is 0.920. The molecule has 6 nitrogen and oxygen atoms in total. The van der Waals surface area contributed by atoms with E-state index in [9.17, 15) is 13.2 Å². The largest absolute Gasteiger partial charge is 0.350 e. The first-order valence-corrected chi connectivity index (χ1v) is 10.1. The van der Waals surface area contributed by atoms with Gasteiger partial charge >= 0.3 is 0 Å². The molecule has 0 fully saturated rings. The number of hydrogen-bond acceptors (Lipinski definition) is 4. The van der Waals surface area contributed by atoms with Gasteiger partial charge in [0.15, 0.2) is 0 Å². The Morgan fingerprint density at radius 1 is 1.28 bits per heavy atom. The average molecular weight is 365 g/mol. The molecule has 0 saturated carbocycles. The fraction of sp³-hybridized carbons (Fsp3) is 0.556. The molecule has 1 aromatic rings. The molecule has 1 atom stereocenters. The van der Waals surface area contributed by atoms with Gasteiger partial charge in [-0.3, -0.25) is 4.79 Å². The second kappa shape index (κ2) is 7.56. The van der Waals surface area contributed by atoms with Crippen LogP contribution >= 0.6 is 0 Å². The number of amides is 1. The maximum absolute atomic E-state index is 12.5. The standard InChI is InChI=1S/C18H27N3O3S/c1-6-7-13(4)19-18(22)15-8-9-16-17(10-15)25(23,24)20-14(5)21(16)11-12(2)3/h8-10,12-13H,6-7,11H2,1-5H3,(H,19,22)/t13-/m0/s1. The Balaban J connectivity index is 2.40. The van der Waals surface area contributed by atoms with Gasteiger partial charge in [-0.05, 0) is 44.4 Å². The van der Waals surface area contributed by atoms with Gasteiger partial charge < -0.3 is 10.2 Å². The van der Waals surface area contributed by atoms with Crippen molar-refractivity contribution in [1.29, 1.82) is 0 Å². The molecule has 25 heavy (non-hydrogen) atoms.